The third-order valence-corrected chi connectivity index (χ3v) is 5.82. The lowest BCUT2D eigenvalue weighted by molar-refractivity contribution is 0.0784. The monoisotopic (exact) mass is 376 g/mol. The number of anilines is 1. The lowest BCUT2D eigenvalue weighted by Gasteiger charge is -2.22. The van der Waals surface area contributed by atoms with Crippen LogP contribution in [0.2, 0.25) is 0 Å². The van der Waals surface area contributed by atoms with Crippen LogP contribution in [0.5, 0.6) is 0 Å². The van der Waals surface area contributed by atoms with E-state index in [4.69, 9.17) is 0 Å². The van der Waals surface area contributed by atoms with Gasteiger partial charge in [-0.15, -0.1) is 0 Å². The van der Waals surface area contributed by atoms with Gasteiger partial charge in [-0.1, -0.05) is 18.2 Å². The summed E-state index contributed by atoms with van der Waals surface area (Å²) >= 11 is 0. The molecule has 3 rings (SSSR count). The van der Waals surface area contributed by atoms with Crippen molar-refractivity contribution < 1.29 is 17.6 Å². The Morgan fingerprint density at radius 2 is 1.96 bits per heavy atom. The Morgan fingerprint density at radius 1 is 1.27 bits per heavy atom. The summed E-state index contributed by atoms with van der Waals surface area (Å²) < 4.78 is 39.1. The highest BCUT2D eigenvalue weighted by Crippen LogP contribution is 2.34. The second-order valence-electron chi connectivity index (χ2n) is 6.71. The first kappa shape index (κ1) is 18.4. The van der Waals surface area contributed by atoms with Crippen molar-refractivity contribution in [1.82, 2.24) is 4.90 Å². The molecule has 0 spiro atoms. The molecule has 0 aliphatic carbocycles. The van der Waals surface area contributed by atoms with Crippen molar-refractivity contribution in [2.24, 2.45) is 0 Å². The molecule has 1 amide bonds. The summed E-state index contributed by atoms with van der Waals surface area (Å²) in [5.74, 6) is -0.583. The zero-order chi connectivity index (χ0) is 19.1. The fraction of sp³-hybridized carbons (Fsp3) is 0.316. The summed E-state index contributed by atoms with van der Waals surface area (Å²) in [4.78, 5) is 14.1. The second-order valence-corrected chi connectivity index (χ2v) is 8.57. The van der Waals surface area contributed by atoms with Crippen LogP contribution < -0.4 is 4.31 Å². The quantitative estimate of drug-likeness (QED) is 0.825. The van der Waals surface area contributed by atoms with Gasteiger partial charge < -0.3 is 4.90 Å². The van der Waals surface area contributed by atoms with E-state index >= 15 is 0 Å². The number of rotatable bonds is 4. The Balaban J connectivity index is 1.84. The Kier molecular flexibility index (Phi) is 4.75. The summed E-state index contributed by atoms with van der Waals surface area (Å²) in [6.45, 7) is 2.00. The second kappa shape index (κ2) is 6.72. The van der Waals surface area contributed by atoms with Crippen LogP contribution in [-0.2, 0) is 23.0 Å². The van der Waals surface area contributed by atoms with Gasteiger partial charge in [0, 0.05) is 30.8 Å². The molecule has 0 fully saturated rings. The smallest absolute Gasteiger partial charge is 0.253 e. The fourth-order valence-electron chi connectivity index (χ4n) is 3.42. The number of fused-ring (bicyclic) bond motifs is 1. The summed E-state index contributed by atoms with van der Waals surface area (Å²) in [6.07, 6.45) is 1.74. The van der Waals surface area contributed by atoms with Gasteiger partial charge >= 0.3 is 0 Å². The zero-order valence-electron chi connectivity index (χ0n) is 14.9. The molecule has 26 heavy (non-hydrogen) atoms. The van der Waals surface area contributed by atoms with Gasteiger partial charge in [-0.3, -0.25) is 9.10 Å². The first-order valence-electron chi connectivity index (χ1n) is 8.29. The molecule has 1 unspecified atom stereocenters. The summed E-state index contributed by atoms with van der Waals surface area (Å²) in [5, 5.41) is 0. The van der Waals surface area contributed by atoms with Gasteiger partial charge in [0.15, 0.2) is 0 Å². The molecule has 2 aromatic rings. The number of nitrogens with zero attached hydrogens (tertiary/aromatic N) is 2. The van der Waals surface area contributed by atoms with Crippen LogP contribution in [0.4, 0.5) is 10.1 Å². The van der Waals surface area contributed by atoms with Gasteiger partial charge in [0.25, 0.3) is 5.91 Å². The summed E-state index contributed by atoms with van der Waals surface area (Å²) in [5.41, 5.74) is 2.35. The lowest BCUT2D eigenvalue weighted by Crippen LogP contribution is -2.34. The predicted octanol–water partition coefficient (Wildman–Crippen LogP) is 2.81. The number of carbonyl (C=O) groups is 1. The first-order valence-corrected chi connectivity index (χ1v) is 10.1. The van der Waals surface area contributed by atoms with Crippen molar-refractivity contribution in [2.75, 3.05) is 17.6 Å². The number of hydrogen-bond acceptors (Lipinski definition) is 3. The Bertz CT molecular complexity index is 959. The molecule has 0 aromatic heterocycles. The molecule has 2 aromatic carbocycles. The minimum absolute atomic E-state index is 0.161. The molecular weight excluding hydrogens is 355 g/mol. The van der Waals surface area contributed by atoms with Crippen molar-refractivity contribution in [1.29, 1.82) is 0 Å². The molecule has 0 saturated carbocycles. The lowest BCUT2D eigenvalue weighted by atomic mass is 10.1. The SMILES string of the molecule is CC1Cc2cc(C(=O)N(C)Cc3ccccc3F)ccc2N1S(C)(=O)=O. The average molecular weight is 376 g/mol. The highest BCUT2D eigenvalue weighted by Gasteiger charge is 2.33. The normalized spacial score (nSPS) is 16.5. The number of hydrogen-bond donors (Lipinski definition) is 0. The van der Waals surface area contributed by atoms with Gasteiger partial charge in [-0.05, 0) is 43.2 Å². The minimum atomic E-state index is -3.36. The van der Waals surface area contributed by atoms with Crippen LogP contribution >= 0.6 is 0 Å². The highest BCUT2D eigenvalue weighted by atomic mass is 32.2. The maximum atomic E-state index is 13.8. The molecule has 1 aliphatic heterocycles. The average Bonchev–Trinajstić information content (AvgIpc) is 2.91. The van der Waals surface area contributed by atoms with Crippen molar-refractivity contribution in [2.45, 2.75) is 25.9 Å². The van der Waals surface area contributed by atoms with Crippen LogP contribution in [0.1, 0.15) is 28.4 Å². The highest BCUT2D eigenvalue weighted by molar-refractivity contribution is 7.92. The molecule has 1 atom stereocenters. The number of carbonyl (C=O) groups excluding carboxylic acids is 1. The Hall–Kier alpha value is -2.41. The topological polar surface area (TPSA) is 57.7 Å². The molecule has 1 aliphatic rings. The number of amides is 1. The molecule has 1 heterocycles. The van der Waals surface area contributed by atoms with E-state index in [0.29, 0.717) is 23.2 Å². The fourth-order valence-corrected chi connectivity index (χ4v) is 4.68. The van der Waals surface area contributed by atoms with Gasteiger partial charge in [0.2, 0.25) is 10.0 Å². The van der Waals surface area contributed by atoms with Crippen molar-refractivity contribution in [3.8, 4) is 0 Å². The first-order chi connectivity index (χ1) is 12.2. The van der Waals surface area contributed by atoms with Gasteiger partial charge in [-0.25, -0.2) is 12.8 Å². The van der Waals surface area contributed by atoms with Crippen LogP contribution in [0.25, 0.3) is 0 Å². The molecule has 5 nitrogen and oxygen atoms in total. The van der Waals surface area contributed by atoms with E-state index < -0.39 is 10.0 Å². The van der Waals surface area contributed by atoms with E-state index in [1.165, 1.54) is 21.5 Å². The zero-order valence-corrected chi connectivity index (χ0v) is 15.8. The number of benzene rings is 2. The van der Waals surface area contributed by atoms with Crippen LogP contribution in [0.3, 0.4) is 0 Å². The predicted molar refractivity (Wildman–Crippen MR) is 99.1 cm³/mol. The Labute approximate surface area is 153 Å². The van der Waals surface area contributed by atoms with Crippen LogP contribution in [-0.4, -0.2) is 38.6 Å². The number of sulfonamides is 1. The van der Waals surface area contributed by atoms with Crippen molar-refractivity contribution >= 4 is 21.6 Å². The van der Waals surface area contributed by atoms with Crippen LogP contribution in [0, 0.1) is 5.82 Å². The minimum Gasteiger partial charge on any atom is -0.337 e. The van der Waals surface area contributed by atoms with E-state index in [1.807, 2.05) is 6.92 Å². The number of halogens is 1. The third kappa shape index (κ3) is 3.44. The third-order valence-electron chi connectivity index (χ3n) is 4.55. The van der Waals surface area contributed by atoms with Gasteiger partial charge in [0.1, 0.15) is 5.82 Å². The van der Waals surface area contributed by atoms with Crippen molar-refractivity contribution in [3.63, 3.8) is 0 Å². The van der Waals surface area contributed by atoms with Gasteiger partial charge in [0.05, 0.1) is 11.9 Å². The van der Waals surface area contributed by atoms with Crippen molar-refractivity contribution in [3.05, 3.63) is 65.0 Å². The van der Waals surface area contributed by atoms with Crippen LogP contribution in [0.15, 0.2) is 42.5 Å². The molecule has 7 heteroatoms. The summed E-state index contributed by atoms with van der Waals surface area (Å²) in [7, 11) is -1.75. The van der Waals surface area contributed by atoms with E-state index in [2.05, 4.69) is 0 Å². The molecule has 0 saturated heterocycles. The van der Waals surface area contributed by atoms with E-state index in [9.17, 15) is 17.6 Å². The maximum absolute atomic E-state index is 13.8. The molecule has 0 N–H and O–H groups in total. The largest absolute Gasteiger partial charge is 0.337 e. The summed E-state index contributed by atoms with van der Waals surface area (Å²) in [6, 6.07) is 11.2. The van der Waals surface area contributed by atoms with E-state index in [0.717, 1.165) is 5.56 Å². The standard InChI is InChI=1S/C19H21FN2O3S/c1-13-10-16-11-14(8-9-18(16)22(13)26(3,24)25)19(23)21(2)12-15-6-4-5-7-17(15)20/h4-9,11,13H,10,12H2,1-3H3. The Morgan fingerprint density at radius 3 is 2.62 bits per heavy atom. The van der Waals surface area contributed by atoms with E-state index in [-0.39, 0.29) is 24.3 Å². The van der Waals surface area contributed by atoms with E-state index in [1.54, 1.807) is 43.4 Å². The van der Waals surface area contributed by atoms with Gasteiger partial charge in [-0.2, -0.15) is 0 Å². The molecule has 0 radical (unpaired) electrons. The molecular formula is C19H21FN2O3S. The maximum Gasteiger partial charge on any atom is 0.253 e. The molecule has 138 valence electrons. The molecule has 0 bridgehead atoms.